The number of ether oxygens (including phenoxy) is 1. The molecule has 0 aromatic heterocycles. The number of carbonyl (C=O) groups excluding carboxylic acids is 1. The van der Waals surface area contributed by atoms with Gasteiger partial charge in [-0.3, -0.25) is 4.79 Å². The molecule has 22 heavy (non-hydrogen) atoms. The van der Waals surface area contributed by atoms with E-state index in [1.54, 1.807) is 0 Å². The maximum Gasteiger partial charge on any atom is 0.224 e. The monoisotopic (exact) mass is 297 g/mol. The van der Waals surface area contributed by atoms with E-state index < -0.39 is 0 Å². The molecule has 2 rings (SSSR count). The molecule has 0 fully saturated rings. The van der Waals surface area contributed by atoms with Crippen LogP contribution in [0.5, 0.6) is 5.75 Å². The molecule has 0 aliphatic carbocycles. The number of amides is 1. The molecule has 3 nitrogen and oxygen atoms in total. The number of benzene rings is 2. The van der Waals surface area contributed by atoms with E-state index in [0.717, 1.165) is 30.5 Å². The average Bonchev–Trinajstić information content (AvgIpc) is 2.55. The topological polar surface area (TPSA) is 38.3 Å². The minimum absolute atomic E-state index is 0.0456. The Morgan fingerprint density at radius 1 is 1.00 bits per heavy atom. The van der Waals surface area contributed by atoms with Crippen molar-refractivity contribution < 1.29 is 9.53 Å². The summed E-state index contributed by atoms with van der Waals surface area (Å²) in [4.78, 5) is 11.9. The number of anilines is 1. The molecule has 0 bridgehead atoms. The van der Waals surface area contributed by atoms with Gasteiger partial charge in [0.15, 0.2) is 0 Å². The molecule has 0 unspecified atom stereocenters. The Balaban J connectivity index is 1.93. The number of hydrogen-bond donors (Lipinski definition) is 1. The van der Waals surface area contributed by atoms with Crippen LogP contribution in [-0.2, 0) is 11.4 Å². The first-order valence-electron chi connectivity index (χ1n) is 7.85. The Hall–Kier alpha value is -2.29. The molecule has 3 heteroatoms. The standard InChI is InChI=1S/C19H23NO2/c1-2-3-5-14-19(21)20-17-12-8-9-13-18(17)22-15-16-10-6-4-7-11-16/h4,6-13H,2-3,5,14-15H2,1H3,(H,20,21). The van der Waals surface area contributed by atoms with Gasteiger partial charge in [0.2, 0.25) is 5.91 Å². The van der Waals surface area contributed by atoms with E-state index in [9.17, 15) is 4.79 Å². The van der Waals surface area contributed by atoms with E-state index in [1.165, 1.54) is 0 Å². The molecule has 1 amide bonds. The van der Waals surface area contributed by atoms with Crippen molar-refractivity contribution in [2.45, 2.75) is 39.2 Å². The van der Waals surface area contributed by atoms with Crippen LogP contribution in [0.15, 0.2) is 54.6 Å². The first-order valence-corrected chi connectivity index (χ1v) is 7.85. The third-order valence-electron chi connectivity index (χ3n) is 3.41. The molecule has 0 saturated carbocycles. The SMILES string of the molecule is CCCCCC(=O)Nc1ccccc1OCc1ccccc1. The predicted octanol–water partition coefficient (Wildman–Crippen LogP) is 4.78. The van der Waals surface area contributed by atoms with E-state index in [2.05, 4.69) is 12.2 Å². The number of hydrogen-bond acceptors (Lipinski definition) is 2. The molecular formula is C19H23NO2. The molecule has 0 atom stereocenters. The zero-order valence-corrected chi connectivity index (χ0v) is 13.0. The average molecular weight is 297 g/mol. The van der Waals surface area contributed by atoms with Crippen LogP contribution in [0.1, 0.15) is 38.2 Å². The highest BCUT2D eigenvalue weighted by molar-refractivity contribution is 5.92. The molecule has 1 N–H and O–H groups in total. The zero-order chi connectivity index (χ0) is 15.6. The molecule has 0 spiro atoms. The van der Waals surface area contributed by atoms with E-state index in [0.29, 0.717) is 18.8 Å². The quantitative estimate of drug-likeness (QED) is 0.712. The molecule has 0 aliphatic heterocycles. The summed E-state index contributed by atoms with van der Waals surface area (Å²) in [5.74, 6) is 0.749. The van der Waals surface area contributed by atoms with Gasteiger partial charge in [0.05, 0.1) is 5.69 Å². The molecular weight excluding hydrogens is 274 g/mol. The zero-order valence-electron chi connectivity index (χ0n) is 13.0. The van der Waals surface area contributed by atoms with Crippen molar-refractivity contribution in [2.24, 2.45) is 0 Å². The van der Waals surface area contributed by atoms with Crippen LogP contribution in [-0.4, -0.2) is 5.91 Å². The maximum absolute atomic E-state index is 11.9. The first-order chi connectivity index (χ1) is 10.8. The number of para-hydroxylation sites is 2. The minimum Gasteiger partial charge on any atom is -0.487 e. The van der Waals surface area contributed by atoms with Crippen LogP contribution in [0.25, 0.3) is 0 Å². The van der Waals surface area contributed by atoms with E-state index in [4.69, 9.17) is 4.74 Å². The number of carbonyl (C=O) groups is 1. The smallest absolute Gasteiger partial charge is 0.224 e. The summed E-state index contributed by atoms with van der Waals surface area (Å²) < 4.78 is 5.83. The van der Waals surface area contributed by atoms with Gasteiger partial charge in [-0.05, 0) is 24.1 Å². The second kappa shape index (κ2) is 8.88. The lowest BCUT2D eigenvalue weighted by molar-refractivity contribution is -0.116. The van der Waals surface area contributed by atoms with Crippen LogP contribution in [0, 0.1) is 0 Å². The van der Waals surface area contributed by atoms with Gasteiger partial charge < -0.3 is 10.1 Å². The molecule has 116 valence electrons. The van der Waals surface area contributed by atoms with Crippen LogP contribution < -0.4 is 10.1 Å². The summed E-state index contributed by atoms with van der Waals surface area (Å²) in [6, 6.07) is 17.6. The fourth-order valence-corrected chi connectivity index (χ4v) is 2.18. The first kappa shape index (κ1) is 16.1. The summed E-state index contributed by atoms with van der Waals surface area (Å²) in [5, 5.41) is 2.94. The van der Waals surface area contributed by atoms with Crippen molar-refractivity contribution in [3.63, 3.8) is 0 Å². The molecule has 0 radical (unpaired) electrons. The van der Waals surface area contributed by atoms with Gasteiger partial charge in [-0.1, -0.05) is 62.2 Å². The Labute approximate surface area is 132 Å². The van der Waals surface area contributed by atoms with Gasteiger partial charge in [0, 0.05) is 6.42 Å². The second-order valence-corrected chi connectivity index (χ2v) is 5.28. The lowest BCUT2D eigenvalue weighted by Crippen LogP contribution is -2.12. The third-order valence-corrected chi connectivity index (χ3v) is 3.41. The van der Waals surface area contributed by atoms with E-state index >= 15 is 0 Å². The van der Waals surface area contributed by atoms with Crippen molar-refractivity contribution >= 4 is 11.6 Å². The molecule has 0 saturated heterocycles. The second-order valence-electron chi connectivity index (χ2n) is 5.28. The lowest BCUT2D eigenvalue weighted by Gasteiger charge is -2.12. The highest BCUT2D eigenvalue weighted by atomic mass is 16.5. The number of unbranched alkanes of at least 4 members (excludes halogenated alkanes) is 2. The van der Waals surface area contributed by atoms with Crippen LogP contribution in [0.4, 0.5) is 5.69 Å². The summed E-state index contributed by atoms with van der Waals surface area (Å²) in [7, 11) is 0. The third kappa shape index (κ3) is 5.24. The van der Waals surface area contributed by atoms with Gasteiger partial charge in [0.25, 0.3) is 0 Å². The van der Waals surface area contributed by atoms with Gasteiger partial charge >= 0.3 is 0 Å². The van der Waals surface area contributed by atoms with Gasteiger partial charge in [-0.25, -0.2) is 0 Å². The van der Waals surface area contributed by atoms with Crippen LogP contribution in [0.2, 0.25) is 0 Å². The largest absolute Gasteiger partial charge is 0.487 e. The van der Waals surface area contributed by atoms with Crippen LogP contribution in [0.3, 0.4) is 0 Å². The van der Waals surface area contributed by atoms with E-state index in [1.807, 2.05) is 54.6 Å². The summed E-state index contributed by atoms with van der Waals surface area (Å²) in [5.41, 5.74) is 1.84. The van der Waals surface area contributed by atoms with Crippen molar-refractivity contribution in [3.8, 4) is 5.75 Å². The molecule has 0 aliphatic rings. The number of rotatable bonds is 8. The van der Waals surface area contributed by atoms with Crippen molar-refractivity contribution in [2.75, 3.05) is 5.32 Å². The van der Waals surface area contributed by atoms with Crippen LogP contribution >= 0.6 is 0 Å². The normalized spacial score (nSPS) is 10.2. The fourth-order valence-electron chi connectivity index (χ4n) is 2.18. The van der Waals surface area contributed by atoms with Crippen molar-refractivity contribution in [1.29, 1.82) is 0 Å². The van der Waals surface area contributed by atoms with Gasteiger partial charge in [0.1, 0.15) is 12.4 Å². The lowest BCUT2D eigenvalue weighted by atomic mass is 10.2. The molecule has 0 heterocycles. The Morgan fingerprint density at radius 3 is 2.50 bits per heavy atom. The number of nitrogens with one attached hydrogen (secondary N) is 1. The predicted molar refractivity (Wildman–Crippen MR) is 90.0 cm³/mol. The van der Waals surface area contributed by atoms with Gasteiger partial charge in [-0.2, -0.15) is 0 Å². The highest BCUT2D eigenvalue weighted by Crippen LogP contribution is 2.25. The summed E-state index contributed by atoms with van der Waals surface area (Å²) >= 11 is 0. The Morgan fingerprint density at radius 2 is 1.73 bits per heavy atom. The van der Waals surface area contributed by atoms with Crippen molar-refractivity contribution in [3.05, 3.63) is 60.2 Å². The Bertz CT molecular complexity index is 581. The maximum atomic E-state index is 11.9. The molecule has 2 aromatic rings. The molecule has 2 aromatic carbocycles. The summed E-state index contributed by atoms with van der Waals surface area (Å²) in [6.45, 7) is 2.62. The van der Waals surface area contributed by atoms with Crippen molar-refractivity contribution in [1.82, 2.24) is 0 Å². The fraction of sp³-hybridized carbons (Fsp3) is 0.316. The van der Waals surface area contributed by atoms with E-state index in [-0.39, 0.29) is 5.91 Å². The Kier molecular flexibility index (Phi) is 6.49. The highest BCUT2D eigenvalue weighted by Gasteiger charge is 2.07. The summed E-state index contributed by atoms with van der Waals surface area (Å²) in [6.07, 6.45) is 3.68. The minimum atomic E-state index is 0.0456. The van der Waals surface area contributed by atoms with Gasteiger partial charge in [-0.15, -0.1) is 0 Å².